The van der Waals surface area contributed by atoms with Crippen molar-refractivity contribution in [3.8, 4) is 0 Å². The fourth-order valence-corrected chi connectivity index (χ4v) is 4.95. The van der Waals surface area contributed by atoms with Crippen molar-refractivity contribution in [2.75, 3.05) is 0 Å². The van der Waals surface area contributed by atoms with E-state index in [9.17, 15) is 9.90 Å². The summed E-state index contributed by atoms with van der Waals surface area (Å²) in [6.07, 6.45) is 3.81. The number of pyridine rings is 1. The molecule has 0 fully saturated rings. The molecule has 0 radical (unpaired) electrons. The van der Waals surface area contributed by atoms with Gasteiger partial charge in [0.2, 0.25) is 0 Å². The number of para-hydroxylation sites is 1. The van der Waals surface area contributed by atoms with Gasteiger partial charge in [-0.25, -0.2) is 9.78 Å². The largest absolute Gasteiger partial charge is 0.478 e. The number of aromatic carboxylic acids is 1. The Morgan fingerprint density at radius 2 is 2.08 bits per heavy atom. The number of hydrogen-bond acceptors (Lipinski definition) is 3. The molecule has 2 heterocycles. The summed E-state index contributed by atoms with van der Waals surface area (Å²) < 4.78 is 1.08. The minimum absolute atomic E-state index is 0.392. The number of rotatable bonds is 2. The van der Waals surface area contributed by atoms with Gasteiger partial charge in [0, 0.05) is 10.3 Å². The molecule has 0 aliphatic heterocycles. The van der Waals surface area contributed by atoms with Crippen LogP contribution < -0.4 is 0 Å². The molecule has 0 saturated heterocycles. The number of carboxylic acid groups (broad SMARTS) is 1. The lowest BCUT2D eigenvalue weighted by molar-refractivity contribution is 0.0697. The van der Waals surface area contributed by atoms with Gasteiger partial charge in [0.15, 0.2) is 0 Å². The SMILES string of the molecule is C[C@H]1C/C(=C/c2ccc(Br)s2)c2nc3ccccc3c(C(=O)O)c2C1. The molecule has 0 bridgehead atoms. The second-order valence-corrected chi connectivity index (χ2v) is 8.96. The van der Waals surface area contributed by atoms with Crippen molar-refractivity contribution in [3.05, 3.63) is 61.9 Å². The van der Waals surface area contributed by atoms with Crippen LogP contribution in [0.3, 0.4) is 0 Å². The summed E-state index contributed by atoms with van der Waals surface area (Å²) >= 11 is 5.17. The summed E-state index contributed by atoms with van der Waals surface area (Å²) in [6, 6.07) is 11.6. The number of carbonyl (C=O) groups is 1. The highest BCUT2D eigenvalue weighted by Gasteiger charge is 2.27. The number of halogens is 1. The van der Waals surface area contributed by atoms with Gasteiger partial charge in [-0.3, -0.25) is 0 Å². The number of nitrogens with zero attached hydrogens (tertiary/aromatic N) is 1. The monoisotopic (exact) mass is 413 g/mol. The molecule has 3 nitrogen and oxygen atoms in total. The minimum Gasteiger partial charge on any atom is -0.478 e. The van der Waals surface area contributed by atoms with Gasteiger partial charge >= 0.3 is 5.97 Å². The predicted molar refractivity (Wildman–Crippen MR) is 106 cm³/mol. The van der Waals surface area contributed by atoms with E-state index in [0.29, 0.717) is 11.5 Å². The van der Waals surface area contributed by atoms with Crippen LogP contribution in [0.2, 0.25) is 0 Å². The molecule has 3 aromatic rings. The Balaban J connectivity index is 2.00. The first-order valence-electron chi connectivity index (χ1n) is 8.14. The summed E-state index contributed by atoms with van der Waals surface area (Å²) in [7, 11) is 0. The normalized spacial score (nSPS) is 18.5. The van der Waals surface area contributed by atoms with Crippen molar-refractivity contribution in [2.45, 2.75) is 19.8 Å². The van der Waals surface area contributed by atoms with E-state index in [0.717, 1.165) is 49.2 Å². The quantitative estimate of drug-likeness (QED) is 0.570. The Morgan fingerprint density at radius 1 is 1.28 bits per heavy atom. The molecule has 0 spiro atoms. The number of aromatic nitrogens is 1. The average Bonchev–Trinajstić information content (AvgIpc) is 2.97. The fraction of sp³-hybridized carbons (Fsp3) is 0.200. The second-order valence-electron chi connectivity index (χ2n) is 6.46. The third-order valence-corrected chi connectivity index (χ3v) is 6.11. The van der Waals surface area contributed by atoms with Gasteiger partial charge < -0.3 is 5.11 Å². The van der Waals surface area contributed by atoms with Crippen molar-refractivity contribution in [1.82, 2.24) is 4.98 Å². The number of benzene rings is 1. The Kier molecular flexibility index (Phi) is 4.21. The Labute approximate surface area is 158 Å². The lowest BCUT2D eigenvalue weighted by Gasteiger charge is -2.26. The van der Waals surface area contributed by atoms with Crippen LogP contribution in [0.4, 0.5) is 0 Å². The standard InChI is InChI=1S/C20H16BrNO2S/c1-11-8-12(10-13-6-7-17(21)25-13)19-15(9-11)18(20(23)24)14-4-2-3-5-16(14)22-19/h2-7,10-11H,8-9H2,1H3,(H,23,24)/b12-10-/t11-/m0/s1. The van der Waals surface area contributed by atoms with Gasteiger partial charge in [-0.15, -0.1) is 11.3 Å². The first kappa shape index (κ1) is 16.5. The van der Waals surface area contributed by atoms with Crippen LogP contribution in [0, 0.1) is 5.92 Å². The number of thiophene rings is 1. The fourth-order valence-electron chi connectivity index (χ4n) is 3.56. The second kappa shape index (κ2) is 6.39. The Hall–Kier alpha value is -1.98. The maximum absolute atomic E-state index is 12.0. The van der Waals surface area contributed by atoms with E-state index in [1.807, 2.05) is 30.3 Å². The summed E-state index contributed by atoms with van der Waals surface area (Å²) in [5, 5.41) is 10.6. The van der Waals surface area contributed by atoms with Gasteiger partial charge in [0.1, 0.15) is 0 Å². The zero-order valence-corrected chi connectivity index (χ0v) is 16.0. The van der Waals surface area contributed by atoms with Crippen molar-refractivity contribution >= 4 is 55.8 Å². The Morgan fingerprint density at radius 3 is 2.80 bits per heavy atom. The molecule has 0 saturated carbocycles. The first-order valence-corrected chi connectivity index (χ1v) is 9.75. The molecular weight excluding hydrogens is 398 g/mol. The van der Waals surface area contributed by atoms with Crippen LogP contribution >= 0.6 is 27.3 Å². The van der Waals surface area contributed by atoms with Crippen LogP contribution in [-0.4, -0.2) is 16.1 Å². The summed E-state index contributed by atoms with van der Waals surface area (Å²) in [5.74, 6) is -0.481. The van der Waals surface area contributed by atoms with Gasteiger partial charge in [-0.05, 0) is 70.1 Å². The molecule has 1 N–H and O–H groups in total. The highest BCUT2D eigenvalue weighted by molar-refractivity contribution is 9.11. The molecule has 2 aromatic heterocycles. The van der Waals surface area contributed by atoms with Gasteiger partial charge in [0.25, 0.3) is 0 Å². The molecule has 25 heavy (non-hydrogen) atoms. The maximum Gasteiger partial charge on any atom is 0.336 e. The molecule has 1 aromatic carbocycles. The van der Waals surface area contributed by atoms with E-state index in [2.05, 4.69) is 35.0 Å². The number of fused-ring (bicyclic) bond motifs is 2. The third-order valence-electron chi connectivity index (χ3n) is 4.54. The van der Waals surface area contributed by atoms with Gasteiger partial charge in [-0.2, -0.15) is 0 Å². The maximum atomic E-state index is 12.0. The molecule has 0 amide bonds. The number of carboxylic acids is 1. The summed E-state index contributed by atoms with van der Waals surface area (Å²) in [4.78, 5) is 18.0. The third kappa shape index (κ3) is 3.02. The molecule has 4 rings (SSSR count). The van der Waals surface area contributed by atoms with Crippen molar-refractivity contribution in [2.24, 2.45) is 5.92 Å². The molecule has 5 heteroatoms. The summed E-state index contributed by atoms with van der Waals surface area (Å²) in [6.45, 7) is 2.17. The van der Waals surface area contributed by atoms with E-state index in [4.69, 9.17) is 4.98 Å². The average molecular weight is 414 g/mol. The minimum atomic E-state index is -0.873. The van der Waals surface area contributed by atoms with Gasteiger partial charge in [0.05, 0.1) is 20.6 Å². The van der Waals surface area contributed by atoms with Crippen LogP contribution in [-0.2, 0) is 6.42 Å². The van der Waals surface area contributed by atoms with Crippen molar-refractivity contribution in [1.29, 1.82) is 0 Å². The van der Waals surface area contributed by atoms with Crippen molar-refractivity contribution < 1.29 is 9.90 Å². The van der Waals surface area contributed by atoms with Crippen LogP contribution in [0.15, 0.2) is 40.2 Å². The topological polar surface area (TPSA) is 50.2 Å². The van der Waals surface area contributed by atoms with E-state index in [1.165, 1.54) is 0 Å². The molecule has 126 valence electrons. The number of hydrogen-bond donors (Lipinski definition) is 1. The van der Waals surface area contributed by atoms with E-state index in [-0.39, 0.29) is 0 Å². The van der Waals surface area contributed by atoms with Gasteiger partial charge in [-0.1, -0.05) is 25.1 Å². The molecule has 1 aliphatic rings. The summed E-state index contributed by atoms with van der Waals surface area (Å²) in [5.41, 5.74) is 3.98. The Bertz CT molecular complexity index is 1020. The highest BCUT2D eigenvalue weighted by Crippen LogP contribution is 2.39. The first-order chi connectivity index (χ1) is 12.0. The molecule has 1 aliphatic carbocycles. The molecular formula is C20H16BrNO2S. The van der Waals surface area contributed by atoms with Crippen LogP contribution in [0.25, 0.3) is 22.6 Å². The zero-order chi connectivity index (χ0) is 17.6. The van der Waals surface area contributed by atoms with Crippen molar-refractivity contribution in [3.63, 3.8) is 0 Å². The lowest BCUT2D eigenvalue weighted by Crippen LogP contribution is -2.17. The zero-order valence-electron chi connectivity index (χ0n) is 13.6. The smallest absolute Gasteiger partial charge is 0.336 e. The van der Waals surface area contributed by atoms with E-state index >= 15 is 0 Å². The predicted octanol–water partition coefficient (Wildman–Crippen LogP) is 5.88. The number of allylic oxidation sites excluding steroid dienone is 1. The van der Waals surface area contributed by atoms with E-state index in [1.54, 1.807) is 11.3 Å². The molecule has 1 atom stereocenters. The highest BCUT2D eigenvalue weighted by atomic mass is 79.9. The van der Waals surface area contributed by atoms with Crippen LogP contribution in [0.5, 0.6) is 0 Å². The lowest BCUT2D eigenvalue weighted by atomic mass is 9.81. The van der Waals surface area contributed by atoms with Crippen LogP contribution in [0.1, 0.15) is 39.8 Å². The van der Waals surface area contributed by atoms with E-state index < -0.39 is 5.97 Å². The molecule has 0 unspecified atom stereocenters.